The van der Waals surface area contributed by atoms with E-state index in [1.54, 1.807) is 12.1 Å². The van der Waals surface area contributed by atoms with E-state index in [-0.39, 0.29) is 11.7 Å². The molecular formula is C14H18N2O5. The quantitative estimate of drug-likeness (QED) is 0.678. The second-order valence-electron chi connectivity index (χ2n) is 4.73. The number of hydrogen-bond donors (Lipinski definition) is 3. The maximum absolute atomic E-state index is 12.0. The lowest BCUT2D eigenvalue weighted by Gasteiger charge is -2.14. The molecule has 114 valence electrons. The van der Waals surface area contributed by atoms with Crippen LogP contribution in [0.4, 0.5) is 0 Å². The number of nitrogens with two attached hydrogens (primary N) is 1. The van der Waals surface area contributed by atoms with Gasteiger partial charge in [-0.25, -0.2) is 4.79 Å². The molecular weight excluding hydrogens is 276 g/mol. The lowest BCUT2D eigenvalue weighted by Crippen LogP contribution is -2.43. The molecule has 0 aliphatic carbocycles. The molecule has 0 aromatic heterocycles. The molecule has 1 aromatic rings. The van der Waals surface area contributed by atoms with Crippen LogP contribution in [0.3, 0.4) is 0 Å². The number of nitrogens with one attached hydrogen (secondary N) is 1. The molecule has 0 unspecified atom stereocenters. The first-order valence-electron chi connectivity index (χ1n) is 6.38. The minimum Gasteiger partial charge on any atom is -0.491 e. The van der Waals surface area contributed by atoms with Crippen LogP contribution in [-0.2, 0) is 9.59 Å². The van der Waals surface area contributed by atoms with Gasteiger partial charge in [-0.15, -0.1) is 0 Å². The highest BCUT2D eigenvalue weighted by Gasteiger charge is 2.22. The number of aliphatic carboxylic acids is 1. The minimum atomic E-state index is -1.36. The number of rotatable bonds is 7. The van der Waals surface area contributed by atoms with Gasteiger partial charge in [-0.2, -0.15) is 0 Å². The van der Waals surface area contributed by atoms with E-state index in [1.807, 2.05) is 13.8 Å². The standard InChI is InChI=1S/C14H18N2O5/c1-8(2)21-10-5-3-4-9(6-10)13(18)16-11(14(19)20)7-12(15)17/h3-6,8,11H,7H2,1-2H3,(H2,15,17)(H,16,18)(H,19,20)/t11-/m1/s1. The van der Waals surface area contributed by atoms with Crippen LogP contribution >= 0.6 is 0 Å². The zero-order chi connectivity index (χ0) is 16.0. The Labute approximate surface area is 122 Å². The monoisotopic (exact) mass is 294 g/mol. The highest BCUT2D eigenvalue weighted by molar-refractivity contribution is 5.97. The van der Waals surface area contributed by atoms with Crippen molar-refractivity contribution in [1.29, 1.82) is 0 Å². The Balaban J connectivity index is 2.82. The molecule has 4 N–H and O–H groups in total. The van der Waals surface area contributed by atoms with Crippen LogP contribution in [0.2, 0.25) is 0 Å². The normalized spacial score (nSPS) is 11.8. The van der Waals surface area contributed by atoms with E-state index < -0.39 is 30.2 Å². The van der Waals surface area contributed by atoms with E-state index in [1.165, 1.54) is 12.1 Å². The number of ether oxygens (including phenoxy) is 1. The van der Waals surface area contributed by atoms with Crippen molar-refractivity contribution in [3.8, 4) is 5.75 Å². The number of benzene rings is 1. The van der Waals surface area contributed by atoms with Crippen molar-refractivity contribution >= 4 is 17.8 Å². The molecule has 0 radical (unpaired) electrons. The Kier molecular flexibility index (Phi) is 5.71. The van der Waals surface area contributed by atoms with Crippen molar-refractivity contribution in [2.24, 2.45) is 5.73 Å². The number of carboxylic acids is 1. The summed E-state index contributed by atoms with van der Waals surface area (Å²) in [6.45, 7) is 3.69. The fourth-order valence-corrected chi connectivity index (χ4v) is 1.63. The van der Waals surface area contributed by atoms with Gasteiger partial charge >= 0.3 is 5.97 Å². The first-order chi connectivity index (χ1) is 9.79. The van der Waals surface area contributed by atoms with Gasteiger partial charge in [-0.3, -0.25) is 9.59 Å². The number of amides is 2. The SMILES string of the molecule is CC(C)Oc1cccc(C(=O)N[C@H](CC(N)=O)C(=O)O)c1. The van der Waals surface area contributed by atoms with Crippen LogP contribution in [-0.4, -0.2) is 35.0 Å². The summed E-state index contributed by atoms with van der Waals surface area (Å²) in [5.74, 6) is -2.24. The molecule has 2 amide bonds. The van der Waals surface area contributed by atoms with Gasteiger partial charge < -0.3 is 20.9 Å². The second-order valence-corrected chi connectivity index (χ2v) is 4.73. The molecule has 0 saturated carbocycles. The van der Waals surface area contributed by atoms with Crippen LogP contribution in [0.1, 0.15) is 30.6 Å². The molecule has 0 aliphatic rings. The van der Waals surface area contributed by atoms with Crippen LogP contribution in [0.15, 0.2) is 24.3 Å². The zero-order valence-electron chi connectivity index (χ0n) is 11.8. The maximum Gasteiger partial charge on any atom is 0.326 e. The van der Waals surface area contributed by atoms with E-state index >= 15 is 0 Å². The maximum atomic E-state index is 12.0. The van der Waals surface area contributed by atoms with E-state index in [2.05, 4.69) is 5.32 Å². The Morgan fingerprint density at radius 3 is 2.52 bits per heavy atom. The largest absolute Gasteiger partial charge is 0.491 e. The molecule has 7 nitrogen and oxygen atoms in total. The third-order valence-corrected chi connectivity index (χ3v) is 2.48. The first-order valence-corrected chi connectivity index (χ1v) is 6.38. The molecule has 1 rings (SSSR count). The van der Waals surface area contributed by atoms with E-state index in [4.69, 9.17) is 15.6 Å². The van der Waals surface area contributed by atoms with Crippen LogP contribution in [0, 0.1) is 0 Å². The van der Waals surface area contributed by atoms with Crippen LogP contribution < -0.4 is 15.8 Å². The van der Waals surface area contributed by atoms with Crippen molar-refractivity contribution < 1.29 is 24.2 Å². The summed E-state index contributed by atoms with van der Waals surface area (Å²) in [5, 5.41) is 11.2. The van der Waals surface area contributed by atoms with Crippen molar-refractivity contribution in [2.45, 2.75) is 32.4 Å². The highest BCUT2D eigenvalue weighted by Crippen LogP contribution is 2.15. The number of hydrogen-bond acceptors (Lipinski definition) is 4. The van der Waals surface area contributed by atoms with Crippen molar-refractivity contribution in [1.82, 2.24) is 5.32 Å². The molecule has 1 atom stereocenters. The number of carboxylic acid groups (broad SMARTS) is 1. The second kappa shape index (κ2) is 7.28. The summed E-state index contributed by atoms with van der Waals surface area (Å²) >= 11 is 0. The highest BCUT2D eigenvalue weighted by atomic mass is 16.5. The summed E-state index contributed by atoms with van der Waals surface area (Å²) in [7, 11) is 0. The summed E-state index contributed by atoms with van der Waals surface area (Å²) in [5.41, 5.74) is 5.19. The van der Waals surface area contributed by atoms with Gasteiger partial charge in [0.25, 0.3) is 5.91 Å². The summed E-state index contributed by atoms with van der Waals surface area (Å²) in [4.78, 5) is 33.8. The lowest BCUT2D eigenvalue weighted by molar-refractivity contribution is -0.140. The predicted molar refractivity (Wildman–Crippen MR) is 74.9 cm³/mol. The smallest absolute Gasteiger partial charge is 0.326 e. The van der Waals surface area contributed by atoms with E-state index in [0.717, 1.165) is 0 Å². The fourth-order valence-electron chi connectivity index (χ4n) is 1.63. The topological polar surface area (TPSA) is 119 Å². The van der Waals surface area contributed by atoms with Crippen LogP contribution in [0.25, 0.3) is 0 Å². The summed E-state index contributed by atoms with van der Waals surface area (Å²) in [6.07, 6.45) is -0.520. The van der Waals surface area contributed by atoms with Gasteiger partial charge in [0, 0.05) is 5.56 Å². The summed E-state index contributed by atoms with van der Waals surface area (Å²) in [6, 6.07) is 4.97. The fraction of sp³-hybridized carbons (Fsp3) is 0.357. The van der Waals surface area contributed by atoms with Gasteiger partial charge in [0.2, 0.25) is 5.91 Å². The Morgan fingerprint density at radius 1 is 1.33 bits per heavy atom. The minimum absolute atomic E-state index is 0.0510. The first kappa shape index (κ1) is 16.5. The Morgan fingerprint density at radius 2 is 2.00 bits per heavy atom. The van der Waals surface area contributed by atoms with Gasteiger partial charge in [0.05, 0.1) is 12.5 Å². The Hall–Kier alpha value is -2.57. The van der Waals surface area contributed by atoms with Crippen molar-refractivity contribution in [3.05, 3.63) is 29.8 Å². The van der Waals surface area contributed by atoms with Gasteiger partial charge in [0.1, 0.15) is 11.8 Å². The predicted octanol–water partition coefficient (Wildman–Crippen LogP) is 0.532. The molecule has 0 bridgehead atoms. The van der Waals surface area contributed by atoms with Crippen molar-refractivity contribution in [3.63, 3.8) is 0 Å². The number of carbonyl (C=O) groups is 3. The molecule has 0 spiro atoms. The third kappa shape index (κ3) is 5.52. The summed E-state index contributed by atoms with van der Waals surface area (Å²) < 4.78 is 5.45. The Bertz CT molecular complexity index is 542. The van der Waals surface area contributed by atoms with Gasteiger partial charge in [0.15, 0.2) is 0 Å². The molecule has 21 heavy (non-hydrogen) atoms. The zero-order valence-corrected chi connectivity index (χ0v) is 11.8. The lowest BCUT2D eigenvalue weighted by atomic mass is 10.1. The van der Waals surface area contributed by atoms with Gasteiger partial charge in [-0.05, 0) is 32.0 Å². The third-order valence-electron chi connectivity index (χ3n) is 2.48. The molecule has 0 aliphatic heterocycles. The average molecular weight is 294 g/mol. The van der Waals surface area contributed by atoms with Crippen molar-refractivity contribution in [2.75, 3.05) is 0 Å². The van der Waals surface area contributed by atoms with Gasteiger partial charge in [-0.1, -0.05) is 6.07 Å². The molecule has 0 fully saturated rings. The van der Waals surface area contributed by atoms with Crippen LogP contribution in [0.5, 0.6) is 5.75 Å². The molecule has 1 aromatic carbocycles. The average Bonchev–Trinajstić information content (AvgIpc) is 2.36. The number of carbonyl (C=O) groups excluding carboxylic acids is 2. The van der Waals surface area contributed by atoms with E-state index in [9.17, 15) is 14.4 Å². The van der Waals surface area contributed by atoms with E-state index in [0.29, 0.717) is 5.75 Å². The molecule has 0 heterocycles. The number of primary amides is 1. The molecule has 0 saturated heterocycles. The molecule has 7 heteroatoms.